The predicted molar refractivity (Wildman–Crippen MR) is 105 cm³/mol. The number of carbonyl (C=O) groups is 1. The van der Waals surface area contributed by atoms with E-state index in [1.54, 1.807) is 42.1 Å². The SMILES string of the molecule is CC(=O)N(C)n1cc(-c2ccc(C#N)cc2)c2ccc(NS(C)(=O)=O)cc21. The minimum atomic E-state index is -3.42. The van der Waals surface area contributed by atoms with Crippen molar-refractivity contribution in [2.24, 2.45) is 0 Å². The highest BCUT2D eigenvalue weighted by Crippen LogP contribution is 2.32. The summed E-state index contributed by atoms with van der Waals surface area (Å²) in [5.41, 5.74) is 3.41. The van der Waals surface area contributed by atoms with Gasteiger partial charge < -0.3 is 0 Å². The number of nitriles is 1. The molecule has 0 spiro atoms. The van der Waals surface area contributed by atoms with Crippen molar-refractivity contribution < 1.29 is 13.2 Å². The van der Waals surface area contributed by atoms with Crippen molar-refractivity contribution in [3.05, 3.63) is 54.2 Å². The van der Waals surface area contributed by atoms with Gasteiger partial charge in [0.25, 0.3) is 0 Å². The molecule has 0 aliphatic rings. The summed E-state index contributed by atoms with van der Waals surface area (Å²) < 4.78 is 27.2. The molecule has 1 amide bonds. The number of carbonyl (C=O) groups excluding carboxylic acids is 1. The number of sulfonamides is 1. The van der Waals surface area contributed by atoms with Crippen LogP contribution < -0.4 is 9.73 Å². The average Bonchev–Trinajstić information content (AvgIpc) is 2.98. The molecule has 0 aliphatic carbocycles. The van der Waals surface area contributed by atoms with Crippen LogP contribution >= 0.6 is 0 Å². The molecule has 0 saturated heterocycles. The smallest absolute Gasteiger partial charge is 0.237 e. The predicted octanol–water partition coefficient (Wildman–Crippen LogP) is 2.67. The van der Waals surface area contributed by atoms with E-state index >= 15 is 0 Å². The number of nitrogens with one attached hydrogen (secondary N) is 1. The number of hydrogen-bond acceptors (Lipinski definition) is 4. The van der Waals surface area contributed by atoms with Crippen LogP contribution in [-0.2, 0) is 14.8 Å². The molecule has 8 heteroatoms. The molecule has 138 valence electrons. The summed E-state index contributed by atoms with van der Waals surface area (Å²) in [4.78, 5) is 11.9. The minimum Gasteiger partial charge on any atom is -0.284 e. The van der Waals surface area contributed by atoms with E-state index in [9.17, 15) is 13.2 Å². The van der Waals surface area contributed by atoms with Crippen molar-refractivity contribution in [3.63, 3.8) is 0 Å². The number of rotatable bonds is 4. The van der Waals surface area contributed by atoms with Gasteiger partial charge >= 0.3 is 0 Å². The lowest BCUT2D eigenvalue weighted by Crippen LogP contribution is -2.33. The molecule has 0 bridgehead atoms. The van der Waals surface area contributed by atoms with Crippen molar-refractivity contribution >= 4 is 32.5 Å². The summed E-state index contributed by atoms with van der Waals surface area (Å²) in [5, 5.41) is 11.3. The summed E-state index contributed by atoms with van der Waals surface area (Å²) in [7, 11) is -1.78. The third-order valence-electron chi connectivity index (χ3n) is 4.19. The minimum absolute atomic E-state index is 0.167. The van der Waals surface area contributed by atoms with Crippen LogP contribution in [0.4, 0.5) is 5.69 Å². The normalized spacial score (nSPS) is 11.2. The summed E-state index contributed by atoms with van der Waals surface area (Å²) in [6.45, 7) is 1.45. The molecule has 3 rings (SSSR count). The maximum atomic E-state index is 11.9. The highest BCUT2D eigenvalue weighted by atomic mass is 32.2. The van der Waals surface area contributed by atoms with Crippen LogP contribution in [0, 0.1) is 11.3 Å². The molecular weight excluding hydrogens is 364 g/mol. The number of hydrogen-bond donors (Lipinski definition) is 1. The molecule has 0 atom stereocenters. The molecule has 0 radical (unpaired) electrons. The third kappa shape index (κ3) is 3.78. The van der Waals surface area contributed by atoms with E-state index in [-0.39, 0.29) is 5.91 Å². The maximum Gasteiger partial charge on any atom is 0.237 e. The van der Waals surface area contributed by atoms with Crippen LogP contribution in [0.3, 0.4) is 0 Å². The van der Waals surface area contributed by atoms with Crippen LogP contribution in [0.2, 0.25) is 0 Å². The van der Waals surface area contributed by atoms with Gasteiger partial charge in [0.05, 0.1) is 29.1 Å². The lowest BCUT2D eigenvalue weighted by Gasteiger charge is -2.18. The van der Waals surface area contributed by atoms with E-state index in [2.05, 4.69) is 10.8 Å². The molecule has 3 aromatic rings. The number of amides is 1. The van der Waals surface area contributed by atoms with Crippen LogP contribution in [0.5, 0.6) is 0 Å². The Bertz CT molecular complexity index is 1170. The van der Waals surface area contributed by atoms with E-state index in [0.29, 0.717) is 16.8 Å². The monoisotopic (exact) mass is 382 g/mol. The molecular formula is C19H18N4O3S. The lowest BCUT2D eigenvalue weighted by molar-refractivity contribution is -0.117. The molecule has 0 unspecified atom stereocenters. The van der Waals surface area contributed by atoms with Crippen molar-refractivity contribution in [2.45, 2.75) is 6.92 Å². The van der Waals surface area contributed by atoms with Crippen LogP contribution in [0.1, 0.15) is 12.5 Å². The second kappa shape index (κ2) is 6.78. The van der Waals surface area contributed by atoms with Gasteiger partial charge in [-0.25, -0.2) is 8.42 Å². The second-order valence-electron chi connectivity index (χ2n) is 6.23. The van der Waals surface area contributed by atoms with Crippen molar-refractivity contribution in [2.75, 3.05) is 23.0 Å². The Balaban J connectivity index is 2.22. The molecule has 27 heavy (non-hydrogen) atoms. The first-order valence-electron chi connectivity index (χ1n) is 8.07. The Morgan fingerprint density at radius 3 is 2.41 bits per heavy atom. The van der Waals surface area contributed by atoms with Crippen molar-refractivity contribution in [1.82, 2.24) is 4.68 Å². The van der Waals surface area contributed by atoms with Gasteiger partial charge in [0.15, 0.2) is 0 Å². The average molecular weight is 382 g/mol. The van der Waals surface area contributed by atoms with Crippen molar-refractivity contribution in [1.29, 1.82) is 5.26 Å². The molecule has 0 aliphatic heterocycles. The molecule has 1 N–H and O–H groups in total. The van der Waals surface area contributed by atoms with Gasteiger partial charge in [-0.3, -0.25) is 19.2 Å². The number of aromatic nitrogens is 1. The number of fused-ring (bicyclic) bond motifs is 1. The fraction of sp³-hybridized carbons (Fsp3) is 0.158. The zero-order valence-corrected chi connectivity index (χ0v) is 15.9. The summed E-state index contributed by atoms with van der Waals surface area (Å²) in [6.07, 6.45) is 2.90. The first kappa shape index (κ1) is 18.5. The number of benzene rings is 2. The van der Waals surface area contributed by atoms with Gasteiger partial charge in [0.2, 0.25) is 15.9 Å². The van der Waals surface area contributed by atoms with Gasteiger partial charge in [0.1, 0.15) is 0 Å². The second-order valence-corrected chi connectivity index (χ2v) is 7.97. The van der Waals surface area contributed by atoms with Gasteiger partial charge in [-0.2, -0.15) is 5.26 Å². The molecule has 7 nitrogen and oxygen atoms in total. The summed E-state index contributed by atoms with van der Waals surface area (Å²) >= 11 is 0. The lowest BCUT2D eigenvalue weighted by atomic mass is 10.0. The van der Waals surface area contributed by atoms with E-state index < -0.39 is 10.0 Å². The largest absolute Gasteiger partial charge is 0.284 e. The van der Waals surface area contributed by atoms with Crippen LogP contribution in [-0.4, -0.2) is 32.3 Å². The zero-order chi connectivity index (χ0) is 19.8. The zero-order valence-electron chi connectivity index (χ0n) is 15.1. The first-order valence-corrected chi connectivity index (χ1v) is 9.97. The van der Waals surface area contributed by atoms with Gasteiger partial charge in [-0.1, -0.05) is 18.2 Å². The topological polar surface area (TPSA) is 95.2 Å². The van der Waals surface area contributed by atoms with Crippen LogP contribution in [0.25, 0.3) is 22.0 Å². The first-order chi connectivity index (χ1) is 12.7. The van der Waals surface area contributed by atoms with E-state index in [0.717, 1.165) is 22.8 Å². The Morgan fingerprint density at radius 1 is 1.19 bits per heavy atom. The summed E-state index contributed by atoms with van der Waals surface area (Å²) in [5.74, 6) is -0.167. The molecule has 0 fully saturated rings. The Labute approximate surface area is 157 Å². The Kier molecular flexibility index (Phi) is 4.64. The molecule has 1 heterocycles. The van der Waals surface area contributed by atoms with E-state index in [1.165, 1.54) is 11.9 Å². The highest BCUT2D eigenvalue weighted by molar-refractivity contribution is 7.92. The van der Waals surface area contributed by atoms with Gasteiger partial charge in [-0.05, 0) is 29.8 Å². The molecule has 0 saturated carbocycles. The van der Waals surface area contributed by atoms with E-state index in [4.69, 9.17) is 5.26 Å². The number of nitrogens with zero attached hydrogens (tertiary/aromatic N) is 3. The van der Waals surface area contributed by atoms with Crippen molar-refractivity contribution in [3.8, 4) is 17.2 Å². The fourth-order valence-electron chi connectivity index (χ4n) is 2.84. The standard InChI is InChI=1S/C19H18N4O3S/c1-13(24)22(2)23-12-18(15-6-4-14(11-20)5-7-15)17-9-8-16(10-19(17)23)21-27(3,25)26/h4-10,12,21H,1-3H3. The van der Waals surface area contributed by atoms with Gasteiger partial charge in [0, 0.05) is 31.1 Å². The molecule has 2 aromatic carbocycles. The Morgan fingerprint density at radius 2 is 1.85 bits per heavy atom. The van der Waals surface area contributed by atoms with Gasteiger partial charge in [-0.15, -0.1) is 0 Å². The maximum absolute atomic E-state index is 11.9. The van der Waals surface area contributed by atoms with Crippen LogP contribution in [0.15, 0.2) is 48.7 Å². The fourth-order valence-corrected chi connectivity index (χ4v) is 3.40. The third-order valence-corrected chi connectivity index (χ3v) is 4.80. The Hall–Kier alpha value is -3.31. The van der Waals surface area contributed by atoms with E-state index in [1.807, 2.05) is 18.3 Å². The summed E-state index contributed by atoms with van der Waals surface area (Å²) in [6, 6.07) is 14.4. The molecule has 1 aromatic heterocycles. The number of anilines is 1. The quantitative estimate of drug-likeness (QED) is 0.750. The highest BCUT2D eigenvalue weighted by Gasteiger charge is 2.16.